The zero-order valence-electron chi connectivity index (χ0n) is 11.5. The number of hydrogen-bond acceptors (Lipinski definition) is 1. The molecule has 0 amide bonds. The molecule has 1 nitrogen and oxygen atoms in total. The molecule has 0 fully saturated rings. The molecule has 0 spiro atoms. The lowest BCUT2D eigenvalue weighted by atomic mass is 9.92. The Hall–Kier alpha value is -1.16. The van der Waals surface area contributed by atoms with Gasteiger partial charge in [-0.05, 0) is 46.5 Å². The molecule has 106 valence electrons. The number of aliphatic hydroxyl groups is 1. The fourth-order valence-electron chi connectivity index (χ4n) is 2.65. The van der Waals surface area contributed by atoms with Gasteiger partial charge in [0.15, 0.2) is 0 Å². The summed E-state index contributed by atoms with van der Waals surface area (Å²) in [7, 11) is 0. The van der Waals surface area contributed by atoms with Crippen LogP contribution in [0.5, 0.6) is 0 Å². The van der Waals surface area contributed by atoms with Gasteiger partial charge in [-0.15, -0.1) is 0 Å². The molecule has 0 bridgehead atoms. The second-order valence-electron chi connectivity index (χ2n) is 5.09. The molecule has 1 N–H and O–H groups in total. The predicted molar refractivity (Wildman–Crippen MR) is 94.6 cm³/mol. The summed E-state index contributed by atoms with van der Waals surface area (Å²) in [6, 6.07) is 18.2. The van der Waals surface area contributed by atoms with E-state index in [0.29, 0.717) is 0 Å². The summed E-state index contributed by atoms with van der Waals surface area (Å²) in [5, 5.41) is 13.1. The lowest BCUT2D eigenvalue weighted by Crippen LogP contribution is -2.04. The number of fused-ring (bicyclic) bond motifs is 1. The van der Waals surface area contributed by atoms with Crippen LogP contribution >= 0.6 is 31.9 Å². The summed E-state index contributed by atoms with van der Waals surface area (Å²) in [6.07, 6.45) is -0.654. The second-order valence-corrected chi connectivity index (χ2v) is 6.86. The van der Waals surface area contributed by atoms with Crippen molar-refractivity contribution in [2.45, 2.75) is 13.0 Å². The molecule has 21 heavy (non-hydrogen) atoms. The Balaban J connectivity index is 2.21. The Morgan fingerprint density at radius 1 is 0.952 bits per heavy atom. The minimum atomic E-state index is -0.654. The van der Waals surface area contributed by atoms with E-state index >= 15 is 0 Å². The smallest absolute Gasteiger partial charge is 0.106 e. The number of aliphatic hydroxyl groups excluding tert-OH is 1. The summed E-state index contributed by atoms with van der Waals surface area (Å²) in [6.45, 7) is 2.04. The second kappa shape index (κ2) is 5.91. The van der Waals surface area contributed by atoms with Crippen molar-refractivity contribution < 1.29 is 5.11 Å². The van der Waals surface area contributed by atoms with Crippen molar-refractivity contribution in [3.8, 4) is 0 Å². The van der Waals surface area contributed by atoms with Gasteiger partial charge in [0.1, 0.15) is 6.10 Å². The van der Waals surface area contributed by atoms with Crippen molar-refractivity contribution in [1.29, 1.82) is 0 Å². The molecule has 0 aliphatic rings. The van der Waals surface area contributed by atoms with E-state index in [1.165, 1.54) is 0 Å². The highest BCUT2D eigenvalue weighted by Gasteiger charge is 2.18. The summed E-state index contributed by atoms with van der Waals surface area (Å²) in [5.41, 5.74) is 2.93. The van der Waals surface area contributed by atoms with Crippen molar-refractivity contribution >= 4 is 42.6 Å². The van der Waals surface area contributed by atoms with Crippen molar-refractivity contribution in [2.75, 3.05) is 0 Å². The monoisotopic (exact) mass is 404 g/mol. The molecule has 1 unspecified atom stereocenters. The fourth-order valence-corrected chi connectivity index (χ4v) is 3.91. The Kier molecular flexibility index (Phi) is 4.16. The van der Waals surface area contributed by atoms with Gasteiger partial charge in [-0.1, -0.05) is 74.3 Å². The zero-order valence-corrected chi connectivity index (χ0v) is 14.6. The first-order valence-electron chi connectivity index (χ1n) is 6.69. The van der Waals surface area contributed by atoms with E-state index in [2.05, 4.69) is 56.1 Å². The molecule has 1 atom stereocenters. The van der Waals surface area contributed by atoms with Gasteiger partial charge >= 0.3 is 0 Å². The maximum atomic E-state index is 10.9. The summed E-state index contributed by atoms with van der Waals surface area (Å²) < 4.78 is 1.89. The van der Waals surface area contributed by atoms with E-state index in [9.17, 15) is 5.11 Å². The molecule has 0 saturated carbocycles. The van der Waals surface area contributed by atoms with E-state index in [1.807, 2.05) is 37.3 Å². The van der Waals surface area contributed by atoms with E-state index in [-0.39, 0.29) is 0 Å². The molecule has 3 aromatic carbocycles. The molecule has 0 heterocycles. The Bertz CT molecular complexity index is 811. The van der Waals surface area contributed by atoms with E-state index < -0.39 is 6.10 Å². The van der Waals surface area contributed by atoms with Crippen LogP contribution in [-0.4, -0.2) is 5.11 Å². The average Bonchev–Trinajstić information content (AvgIpc) is 2.46. The zero-order chi connectivity index (χ0) is 15.0. The van der Waals surface area contributed by atoms with Crippen molar-refractivity contribution in [3.63, 3.8) is 0 Å². The third-order valence-corrected chi connectivity index (χ3v) is 4.90. The molecule has 3 rings (SSSR count). The summed E-state index contributed by atoms with van der Waals surface area (Å²) in [5.74, 6) is 0. The molecule has 0 saturated heterocycles. The normalized spacial score (nSPS) is 12.6. The lowest BCUT2D eigenvalue weighted by molar-refractivity contribution is 0.220. The Morgan fingerprint density at radius 2 is 1.71 bits per heavy atom. The number of benzene rings is 3. The van der Waals surface area contributed by atoms with Crippen LogP contribution in [0.3, 0.4) is 0 Å². The van der Waals surface area contributed by atoms with Crippen LogP contribution in [-0.2, 0) is 0 Å². The van der Waals surface area contributed by atoms with Crippen LogP contribution in [0.15, 0.2) is 63.5 Å². The predicted octanol–water partition coefficient (Wildman–Crippen LogP) is 5.75. The summed E-state index contributed by atoms with van der Waals surface area (Å²) >= 11 is 6.99. The van der Waals surface area contributed by atoms with Gasteiger partial charge in [-0.2, -0.15) is 0 Å². The third kappa shape index (κ3) is 2.78. The van der Waals surface area contributed by atoms with Crippen molar-refractivity contribution in [1.82, 2.24) is 0 Å². The van der Waals surface area contributed by atoms with Crippen molar-refractivity contribution in [2.24, 2.45) is 0 Å². The van der Waals surface area contributed by atoms with Crippen LogP contribution in [0, 0.1) is 6.92 Å². The first-order chi connectivity index (χ1) is 10.1. The van der Waals surface area contributed by atoms with Crippen LogP contribution in [0.4, 0.5) is 0 Å². The molecule has 0 radical (unpaired) electrons. The average molecular weight is 406 g/mol. The minimum absolute atomic E-state index is 0.654. The maximum Gasteiger partial charge on any atom is 0.106 e. The van der Waals surface area contributed by atoms with E-state index in [0.717, 1.165) is 36.4 Å². The lowest BCUT2D eigenvalue weighted by Gasteiger charge is -2.18. The largest absolute Gasteiger partial charge is 0.384 e. The first-order valence-corrected chi connectivity index (χ1v) is 8.28. The van der Waals surface area contributed by atoms with Gasteiger partial charge in [-0.3, -0.25) is 0 Å². The molecular weight excluding hydrogens is 392 g/mol. The topological polar surface area (TPSA) is 20.2 Å². The molecule has 3 heteroatoms. The SMILES string of the molecule is Cc1ccc2ccccc2c1C(O)c1ccc(Br)cc1Br. The third-order valence-electron chi connectivity index (χ3n) is 3.72. The molecule has 3 aromatic rings. The highest BCUT2D eigenvalue weighted by atomic mass is 79.9. The van der Waals surface area contributed by atoms with Crippen LogP contribution in [0.2, 0.25) is 0 Å². The molecular formula is C18H14Br2O. The van der Waals surface area contributed by atoms with Gasteiger partial charge in [0.25, 0.3) is 0 Å². The van der Waals surface area contributed by atoms with Crippen LogP contribution in [0.1, 0.15) is 22.8 Å². The number of rotatable bonds is 2. The fraction of sp³-hybridized carbons (Fsp3) is 0.111. The highest BCUT2D eigenvalue weighted by molar-refractivity contribution is 9.11. The standard InChI is InChI=1S/C18H14Br2O/c1-11-6-7-12-4-2-3-5-14(12)17(11)18(21)15-9-8-13(19)10-16(15)20/h2-10,18,21H,1H3. The quantitative estimate of drug-likeness (QED) is 0.574. The molecule has 0 aliphatic heterocycles. The highest BCUT2D eigenvalue weighted by Crippen LogP contribution is 2.35. The van der Waals surface area contributed by atoms with Crippen LogP contribution < -0.4 is 0 Å². The number of aryl methyl sites for hydroxylation is 1. The summed E-state index contributed by atoms with van der Waals surface area (Å²) in [4.78, 5) is 0. The van der Waals surface area contributed by atoms with Gasteiger partial charge in [-0.25, -0.2) is 0 Å². The molecule has 0 aromatic heterocycles. The van der Waals surface area contributed by atoms with Gasteiger partial charge in [0.05, 0.1) is 0 Å². The molecule has 0 aliphatic carbocycles. The Labute approximate surface area is 140 Å². The van der Waals surface area contributed by atoms with Gasteiger partial charge < -0.3 is 5.11 Å². The maximum absolute atomic E-state index is 10.9. The first kappa shape index (κ1) is 14.8. The number of hydrogen-bond donors (Lipinski definition) is 1. The van der Waals surface area contributed by atoms with E-state index in [4.69, 9.17) is 0 Å². The van der Waals surface area contributed by atoms with Gasteiger partial charge in [0.2, 0.25) is 0 Å². The van der Waals surface area contributed by atoms with E-state index in [1.54, 1.807) is 0 Å². The van der Waals surface area contributed by atoms with Crippen LogP contribution in [0.25, 0.3) is 10.8 Å². The Morgan fingerprint density at radius 3 is 2.48 bits per heavy atom. The minimum Gasteiger partial charge on any atom is -0.384 e. The van der Waals surface area contributed by atoms with Crippen molar-refractivity contribution in [3.05, 3.63) is 80.2 Å². The van der Waals surface area contributed by atoms with Gasteiger partial charge in [0, 0.05) is 8.95 Å². The number of halogens is 2.